The van der Waals surface area contributed by atoms with Crippen molar-refractivity contribution in [1.82, 2.24) is 0 Å². The van der Waals surface area contributed by atoms with Crippen LogP contribution in [0.2, 0.25) is 0 Å². The van der Waals surface area contributed by atoms with Crippen LogP contribution in [-0.4, -0.2) is 26.4 Å². The van der Waals surface area contributed by atoms with Crippen LogP contribution in [0, 0.1) is 29.6 Å². The highest BCUT2D eigenvalue weighted by Crippen LogP contribution is 2.58. The number of Topliss-reactive ketones (excluding diaryl/α,β-unsaturated/α-hetero) is 1. The van der Waals surface area contributed by atoms with Gasteiger partial charge in [-0.1, -0.05) is 6.42 Å². The Morgan fingerprint density at radius 1 is 1.20 bits per heavy atom. The van der Waals surface area contributed by atoms with E-state index in [1.807, 2.05) is 0 Å². The van der Waals surface area contributed by atoms with Gasteiger partial charge in [0.15, 0.2) is 0 Å². The molecule has 2 bridgehead atoms. The van der Waals surface area contributed by atoms with Gasteiger partial charge in [0.2, 0.25) is 0 Å². The maximum Gasteiger partial charge on any atom is 0.145 e. The van der Waals surface area contributed by atoms with E-state index in [0.717, 1.165) is 24.3 Å². The number of quaternary nitrogens is 1. The average molecular weight is 208 g/mol. The Bertz CT molecular complexity index is 286. The second-order valence-corrected chi connectivity index (χ2v) is 6.18. The highest BCUT2D eigenvalue weighted by atomic mass is 16.1. The molecule has 3 saturated carbocycles. The molecule has 5 atom stereocenters. The van der Waals surface area contributed by atoms with E-state index in [9.17, 15) is 4.79 Å². The molecule has 3 aliphatic rings. The maximum absolute atomic E-state index is 12.2. The van der Waals surface area contributed by atoms with Gasteiger partial charge in [0.1, 0.15) is 5.78 Å². The van der Waals surface area contributed by atoms with Gasteiger partial charge >= 0.3 is 0 Å². The van der Waals surface area contributed by atoms with Crippen LogP contribution in [0.5, 0.6) is 0 Å². The van der Waals surface area contributed by atoms with Crippen molar-refractivity contribution in [1.29, 1.82) is 0 Å². The van der Waals surface area contributed by atoms with Gasteiger partial charge in [-0.3, -0.25) is 4.79 Å². The number of fused-ring (bicyclic) bond motifs is 5. The van der Waals surface area contributed by atoms with Gasteiger partial charge < -0.3 is 4.90 Å². The largest absolute Gasteiger partial charge is 0.339 e. The van der Waals surface area contributed by atoms with Crippen molar-refractivity contribution in [2.45, 2.75) is 25.7 Å². The molecule has 1 N–H and O–H groups in total. The summed E-state index contributed by atoms with van der Waals surface area (Å²) in [5, 5.41) is 0. The van der Waals surface area contributed by atoms with E-state index in [1.54, 1.807) is 0 Å². The summed E-state index contributed by atoms with van der Waals surface area (Å²) < 4.78 is 0. The molecule has 0 aliphatic heterocycles. The quantitative estimate of drug-likeness (QED) is 0.696. The van der Waals surface area contributed by atoms with Gasteiger partial charge in [-0.15, -0.1) is 0 Å². The van der Waals surface area contributed by atoms with E-state index >= 15 is 0 Å². The molecule has 0 aromatic carbocycles. The minimum Gasteiger partial charge on any atom is -0.339 e. The summed E-state index contributed by atoms with van der Waals surface area (Å²) in [7, 11) is 4.34. The Hall–Kier alpha value is -0.370. The summed E-state index contributed by atoms with van der Waals surface area (Å²) in [5.41, 5.74) is 0. The Morgan fingerprint density at radius 3 is 2.67 bits per heavy atom. The Labute approximate surface area is 92.0 Å². The van der Waals surface area contributed by atoms with Crippen LogP contribution in [0.1, 0.15) is 25.7 Å². The second kappa shape index (κ2) is 3.31. The number of carbonyl (C=O) groups excluding carboxylic acids is 1. The van der Waals surface area contributed by atoms with E-state index in [1.165, 1.54) is 30.6 Å². The van der Waals surface area contributed by atoms with Crippen molar-refractivity contribution in [3.05, 3.63) is 0 Å². The fraction of sp³-hybridized carbons (Fsp3) is 0.923. The first-order valence-corrected chi connectivity index (χ1v) is 6.51. The molecule has 0 spiro atoms. The number of hydrogen-bond acceptors (Lipinski definition) is 1. The highest BCUT2D eigenvalue weighted by Gasteiger charge is 2.59. The molecule has 3 rings (SSSR count). The Balaban J connectivity index is 1.81. The average Bonchev–Trinajstić information content (AvgIpc) is 2.77. The standard InChI is InChI=1S/C13H21NO/c1-14(2)7-12-10-6-11(13(12)15)9-5-3-4-8(9)10/h8-12H,3-7H2,1-2H3/p+1/t8-,9-,10-,11+,12+/m0/s1. The zero-order valence-corrected chi connectivity index (χ0v) is 9.83. The fourth-order valence-corrected chi connectivity index (χ4v) is 4.66. The van der Waals surface area contributed by atoms with E-state index in [4.69, 9.17) is 0 Å². The van der Waals surface area contributed by atoms with Gasteiger partial charge in [0.25, 0.3) is 0 Å². The third kappa shape index (κ3) is 1.30. The predicted molar refractivity (Wildman–Crippen MR) is 58.6 cm³/mol. The lowest BCUT2D eigenvalue weighted by Crippen LogP contribution is -3.06. The third-order valence-electron chi connectivity index (χ3n) is 5.09. The van der Waals surface area contributed by atoms with Crippen molar-refractivity contribution in [3.63, 3.8) is 0 Å². The molecule has 0 unspecified atom stereocenters. The van der Waals surface area contributed by atoms with Gasteiger partial charge in [-0.05, 0) is 37.0 Å². The van der Waals surface area contributed by atoms with Crippen LogP contribution in [0.25, 0.3) is 0 Å². The smallest absolute Gasteiger partial charge is 0.145 e. The summed E-state index contributed by atoms with van der Waals surface area (Å²) in [6, 6.07) is 0. The number of ketones is 1. The molecule has 2 heteroatoms. The van der Waals surface area contributed by atoms with E-state index in [0.29, 0.717) is 17.6 Å². The summed E-state index contributed by atoms with van der Waals surface area (Å²) in [6.45, 7) is 1.07. The number of nitrogens with one attached hydrogen (secondary N) is 1. The van der Waals surface area contributed by atoms with Crippen LogP contribution >= 0.6 is 0 Å². The summed E-state index contributed by atoms with van der Waals surface area (Å²) in [6.07, 6.45) is 5.39. The lowest BCUT2D eigenvalue weighted by atomic mass is 9.75. The number of hydrogen-bond donors (Lipinski definition) is 1. The Kier molecular flexibility index (Phi) is 2.17. The lowest BCUT2D eigenvalue weighted by Gasteiger charge is -2.30. The van der Waals surface area contributed by atoms with Gasteiger partial charge in [-0.25, -0.2) is 0 Å². The van der Waals surface area contributed by atoms with Crippen LogP contribution < -0.4 is 4.90 Å². The summed E-state index contributed by atoms with van der Waals surface area (Å²) in [5.74, 6) is 4.02. The zero-order chi connectivity index (χ0) is 10.6. The monoisotopic (exact) mass is 208 g/mol. The van der Waals surface area contributed by atoms with Crippen molar-refractivity contribution in [3.8, 4) is 0 Å². The van der Waals surface area contributed by atoms with Crippen molar-refractivity contribution < 1.29 is 9.69 Å². The highest BCUT2D eigenvalue weighted by molar-refractivity contribution is 5.87. The van der Waals surface area contributed by atoms with Crippen molar-refractivity contribution in [2.75, 3.05) is 20.6 Å². The van der Waals surface area contributed by atoms with E-state index < -0.39 is 0 Å². The predicted octanol–water partition coefficient (Wildman–Crippen LogP) is 0.382. The molecule has 15 heavy (non-hydrogen) atoms. The molecule has 0 aromatic heterocycles. The SMILES string of the molecule is C[NH+](C)C[C@H]1C(=O)[C@@H]2C[C@H]1[C@H]1CCC[C@@H]12. The molecule has 0 amide bonds. The first-order chi connectivity index (χ1) is 7.18. The van der Waals surface area contributed by atoms with Crippen molar-refractivity contribution >= 4 is 5.78 Å². The molecular weight excluding hydrogens is 186 g/mol. The molecule has 0 saturated heterocycles. The topological polar surface area (TPSA) is 21.5 Å². The van der Waals surface area contributed by atoms with Gasteiger partial charge in [0, 0.05) is 5.92 Å². The fourth-order valence-electron chi connectivity index (χ4n) is 4.66. The van der Waals surface area contributed by atoms with Crippen LogP contribution in [0.15, 0.2) is 0 Å². The number of carbonyl (C=O) groups is 1. The Morgan fingerprint density at radius 2 is 1.93 bits per heavy atom. The molecule has 0 heterocycles. The third-order valence-corrected chi connectivity index (χ3v) is 5.09. The second-order valence-electron chi connectivity index (χ2n) is 6.18. The molecule has 2 nitrogen and oxygen atoms in total. The lowest BCUT2D eigenvalue weighted by molar-refractivity contribution is -0.861. The minimum atomic E-state index is 0.416. The molecular formula is C13H22NO+. The van der Waals surface area contributed by atoms with Gasteiger partial charge in [-0.2, -0.15) is 0 Å². The molecule has 3 aliphatic carbocycles. The van der Waals surface area contributed by atoms with Crippen LogP contribution in [-0.2, 0) is 4.79 Å². The molecule has 0 aromatic rings. The van der Waals surface area contributed by atoms with Crippen molar-refractivity contribution in [2.24, 2.45) is 29.6 Å². The van der Waals surface area contributed by atoms with Gasteiger partial charge in [0.05, 0.1) is 26.6 Å². The first-order valence-electron chi connectivity index (χ1n) is 6.51. The molecule has 3 fully saturated rings. The summed E-state index contributed by atoms with van der Waals surface area (Å²) in [4.78, 5) is 13.7. The van der Waals surface area contributed by atoms with Crippen LogP contribution in [0.4, 0.5) is 0 Å². The molecule has 0 radical (unpaired) electrons. The number of rotatable bonds is 2. The summed E-state index contributed by atoms with van der Waals surface area (Å²) >= 11 is 0. The first kappa shape index (κ1) is 9.83. The normalized spacial score (nSPS) is 47.9. The maximum atomic E-state index is 12.2. The minimum absolute atomic E-state index is 0.416. The van der Waals surface area contributed by atoms with Crippen LogP contribution in [0.3, 0.4) is 0 Å². The molecule has 84 valence electrons. The van der Waals surface area contributed by atoms with E-state index in [2.05, 4.69) is 14.1 Å². The van der Waals surface area contributed by atoms with E-state index in [-0.39, 0.29) is 0 Å². The zero-order valence-electron chi connectivity index (χ0n) is 9.83.